The van der Waals surface area contributed by atoms with Crippen LogP contribution in [-0.4, -0.2) is 39.1 Å². The Morgan fingerprint density at radius 1 is 1.38 bits per heavy atom. The van der Waals surface area contributed by atoms with E-state index >= 15 is 0 Å². The Morgan fingerprint density at radius 3 is 2.85 bits per heavy atom. The average molecular weight is 401 g/mol. The molecule has 0 N–H and O–H groups in total. The van der Waals surface area contributed by atoms with Gasteiger partial charge in [-0.3, -0.25) is 4.79 Å². The van der Waals surface area contributed by atoms with Gasteiger partial charge in [-0.1, -0.05) is 17.8 Å². The van der Waals surface area contributed by atoms with Crippen molar-refractivity contribution in [3.63, 3.8) is 0 Å². The third-order valence-corrected chi connectivity index (χ3v) is 5.94. The van der Waals surface area contributed by atoms with Gasteiger partial charge in [0.2, 0.25) is 5.91 Å². The molecule has 1 unspecified atom stereocenters. The van der Waals surface area contributed by atoms with Crippen LogP contribution in [-0.2, 0) is 11.0 Å². The molecular weight excluding hydrogens is 383 g/mol. The molecular formula is C17H18F3N3OS2. The van der Waals surface area contributed by atoms with E-state index in [0.29, 0.717) is 11.4 Å². The molecule has 0 aromatic carbocycles. The van der Waals surface area contributed by atoms with Crippen LogP contribution in [0, 0.1) is 0 Å². The zero-order valence-corrected chi connectivity index (χ0v) is 15.8. The molecule has 0 saturated carbocycles. The van der Waals surface area contributed by atoms with Crippen molar-refractivity contribution < 1.29 is 18.0 Å². The minimum absolute atomic E-state index is 0.0266. The van der Waals surface area contributed by atoms with Crippen molar-refractivity contribution in [1.29, 1.82) is 0 Å². The first-order valence-corrected chi connectivity index (χ1v) is 10.1. The fraction of sp³-hybridized carbons (Fsp3) is 0.471. The molecule has 1 fully saturated rings. The van der Waals surface area contributed by atoms with E-state index in [1.54, 1.807) is 22.4 Å². The number of aromatic nitrogens is 2. The molecule has 140 valence electrons. The van der Waals surface area contributed by atoms with E-state index in [1.807, 2.05) is 6.92 Å². The minimum Gasteiger partial charge on any atom is -0.339 e. The second kappa shape index (κ2) is 7.96. The van der Waals surface area contributed by atoms with Crippen LogP contribution in [0.3, 0.4) is 0 Å². The second-order valence-electron chi connectivity index (χ2n) is 6.12. The van der Waals surface area contributed by atoms with Gasteiger partial charge in [-0.05, 0) is 43.7 Å². The summed E-state index contributed by atoms with van der Waals surface area (Å²) >= 11 is 2.27. The average Bonchev–Trinajstić information content (AvgIpc) is 3.14. The van der Waals surface area contributed by atoms with Gasteiger partial charge in [-0.2, -0.15) is 13.2 Å². The number of piperidine rings is 1. The summed E-state index contributed by atoms with van der Waals surface area (Å²) in [4.78, 5) is 22.7. The maximum absolute atomic E-state index is 13.2. The summed E-state index contributed by atoms with van der Waals surface area (Å²) in [5.74, 6) is -0.0453. The summed E-state index contributed by atoms with van der Waals surface area (Å²) < 4.78 is 39.5. The normalized spacial score (nSPS) is 18.2. The van der Waals surface area contributed by atoms with Gasteiger partial charge in [0.05, 0.1) is 16.3 Å². The number of thioether (sulfide) groups is 1. The first-order chi connectivity index (χ1) is 12.3. The lowest BCUT2D eigenvalue weighted by Crippen LogP contribution is -2.42. The maximum Gasteiger partial charge on any atom is 0.433 e. The van der Waals surface area contributed by atoms with Gasteiger partial charge in [0.1, 0.15) is 5.69 Å². The number of hydrogen-bond donors (Lipinski definition) is 0. The van der Waals surface area contributed by atoms with Crippen LogP contribution < -0.4 is 0 Å². The first kappa shape index (κ1) is 19.2. The van der Waals surface area contributed by atoms with Crippen molar-refractivity contribution in [3.8, 4) is 10.6 Å². The molecule has 1 amide bonds. The van der Waals surface area contributed by atoms with Crippen molar-refractivity contribution in [3.05, 3.63) is 29.3 Å². The summed E-state index contributed by atoms with van der Waals surface area (Å²) in [6.45, 7) is 2.70. The van der Waals surface area contributed by atoms with Crippen molar-refractivity contribution in [2.75, 3.05) is 12.3 Å². The van der Waals surface area contributed by atoms with Crippen molar-refractivity contribution >= 4 is 29.0 Å². The molecule has 9 heteroatoms. The van der Waals surface area contributed by atoms with E-state index in [2.05, 4.69) is 9.97 Å². The van der Waals surface area contributed by atoms with E-state index in [4.69, 9.17) is 0 Å². The monoisotopic (exact) mass is 401 g/mol. The van der Waals surface area contributed by atoms with Crippen molar-refractivity contribution in [2.24, 2.45) is 0 Å². The number of hydrogen-bond acceptors (Lipinski definition) is 5. The largest absolute Gasteiger partial charge is 0.433 e. The fourth-order valence-corrected chi connectivity index (χ4v) is 4.29. The van der Waals surface area contributed by atoms with Crippen LogP contribution in [0.1, 0.15) is 31.9 Å². The number of thiophene rings is 1. The molecule has 3 rings (SSSR count). The molecule has 4 nitrogen and oxygen atoms in total. The lowest BCUT2D eigenvalue weighted by molar-refractivity contribution is -0.141. The molecule has 1 aliphatic rings. The number of rotatable bonds is 4. The van der Waals surface area contributed by atoms with E-state index in [0.717, 1.165) is 37.1 Å². The van der Waals surface area contributed by atoms with E-state index < -0.39 is 11.9 Å². The first-order valence-electron chi connectivity index (χ1n) is 8.27. The summed E-state index contributed by atoms with van der Waals surface area (Å²) in [6, 6.07) is 4.58. The predicted molar refractivity (Wildman–Crippen MR) is 96.1 cm³/mol. The summed E-state index contributed by atoms with van der Waals surface area (Å²) in [7, 11) is 0. The number of alkyl halides is 3. The van der Waals surface area contributed by atoms with Crippen LogP contribution in [0.5, 0.6) is 0 Å². The lowest BCUT2D eigenvalue weighted by Gasteiger charge is -2.33. The summed E-state index contributed by atoms with van der Waals surface area (Å²) in [5, 5.41) is 1.75. The highest BCUT2D eigenvalue weighted by atomic mass is 32.2. The molecule has 0 bridgehead atoms. The van der Waals surface area contributed by atoms with Crippen molar-refractivity contribution in [2.45, 2.75) is 43.6 Å². The molecule has 0 aliphatic carbocycles. The Labute approximate surface area is 157 Å². The van der Waals surface area contributed by atoms with E-state index in [-0.39, 0.29) is 28.6 Å². The third kappa shape index (κ3) is 4.56. The molecule has 0 spiro atoms. The van der Waals surface area contributed by atoms with Gasteiger partial charge in [0.25, 0.3) is 0 Å². The van der Waals surface area contributed by atoms with Gasteiger partial charge in [-0.15, -0.1) is 11.3 Å². The quantitative estimate of drug-likeness (QED) is 0.550. The molecule has 1 aliphatic heterocycles. The highest BCUT2D eigenvalue weighted by molar-refractivity contribution is 7.99. The molecule has 2 aromatic rings. The number of carbonyl (C=O) groups excluding carboxylic acids is 1. The summed E-state index contributed by atoms with van der Waals surface area (Å²) in [6.07, 6.45) is -1.54. The Morgan fingerprint density at radius 2 is 2.19 bits per heavy atom. The molecule has 2 aromatic heterocycles. The lowest BCUT2D eigenvalue weighted by atomic mass is 10.0. The van der Waals surface area contributed by atoms with Crippen LogP contribution in [0.25, 0.3) is 10.6 Å². The van der Waals surface area contributed by atoms with Crippen LogP contribution in [0.15, 0.2) is 28.7 Å². The smallest absolute Gasteiger partial charge is 0.339 e. The standard InChI is InChI=1S/C17H18F3N3OS2/c1-11-5-2-3-7-23(11)15(24)10-26-16-21-12(13-6-4-8-25-13)9-14(22-16)17(18,19)20/h4,6,8-9,11H,2-3,5,7,10H2,1H3. The highest BCUT2D eigenvalue weighted by Gasteiger charge is 2.34. The maximum atomic E-state index is 13.2. The molecule has 3 heterocycles. The van der Waals surface area contributed by atoms with Crippen molar-refractivity contribution in [1.82, 2.24) is 14.9 Å². The number of nitrogens with zero attached hydrogens (tertiary/aromatic N) is 3. The number of halogens is 3. The molecule has 26 heavy (non-hydrogen) atoms. The summed E-state index contributed by atoms with van der Waals surface area (Å²) in [5.41, 5.74) is -0.763. The number of carbonyl (C=O) groups is 1. The Bertz CT molecular complexity index is 765. The topological polar surface area (TPSA) is 46.1 Å². The van der Waals surface area contributed by atoms with Gasteiger partial charge in [0, 0.05) is 12.6 Å². The highest BCUT2D eigenvalue weighted by Crippen LogP contribution is 2.33. The van der Waals surface area contributed by atoms with E-state index in [1.165, 1.54) is 11.3 Å². The minimum atomic E-state index is -4.56. The Kier molecular flexibility index (Phi) is 5.86. The van der Waals surface area contributed by atoms with Crippen LogP contribution >= 0.6 is 23.1 Å². The van der Waals surface area contributed by atoms with Gasteiger partial charge in [-0.25, -0.2) is 9.97 Å². The number of amides is 1. The SMILES string of the molecule is CC1CCCCN1C(=O)CSc1nc(-c2cccs2)cc(C(F)(F)F)n1. The zero-order valence-electron chi connectivity index (χ0n) is 14.1. The number of likely N-dealkylation sites (tertiary alicyclic amines) is 1. The fourth-order valence-electron chi connectivity index (χ4n) is 2.86. The van der Waals surface area contributed by atoms with E-state index in [9.17, 15) is 18.0 Å². The zero-order chi connectivity index (χ0) is 18.7. The molecule has 0 radical (unpaired) electrons. The van der Waals surface area contributed by atoms with Gasteiger partial charge >= 0.3 is 6.18 Å². The van der Waals surface area contributed by atoms with Gasteiger partial charge in [0.15, 0.2) is 5.16 Å². The Balaban J connectivity index is 1.78. The van der Waals surface area contributed by atoms with Crippen LogP contribution in [0.4, 0.5) is 13.2 Å². The predicted octanol–water partition coefficient (Wildman–Crippen LogP) is 4.72. The van der Waals surface area contributed by atoms with Crippen LogP contribution in [0.2, 0.25) is 0 Å². The molecule has 1 saturated heterocycles. The third-order valence-electron chi connectivity index (χ3n) is 4.22. The Hall–Kier alpha value is -1.61. The van der Waals surface area contributed by atoms with Gasteiger partial charge < -0.3 is 4.90 Å². The molecule has 1 atom stereocenters. The second-order valence-corrected chi connectivity index (χ2v) is 8.01.